The van der Waals surface area contributed by atoms with Gasteiger partial charge in [-0.15, -0.1) is 0 Å². The van der Waals surface area contributed by atoms with E-state index in [2.05, 4.69) is 21.9 Å². The summed E-state index contributed by atoms with van der Waals surface area (Å²) in [7, 11) is 0. The lowest BCUT2D eigenvalue weighted by Gasteiger charge is -2.11. The first-order valence-corrected chi connectivity index (χ1v) is 9.83. The zero-order valence-corrected chi connectivity index (χ0v) is 16.5. The third kappa shape index (κ3) is 4.05. The minimum absolute atomic E-state index is 0.378. The quantitative estimate of drug-likeness (QED) is 0.479. The second-order valence-corrected chi connectivity index (χ2v) is 6.97. The summed E-state index contributed by atoms with van der Waals surface area (Å²) in [4.78, 5) is 24.4. The van der Waals surface area contributed by atoms with Crippen molar-refractivity contribution in [1.82, 2.24) is 15.0 Å². The molecule has 1 aromatic carbocycles. The minimum atomic E-state index is -1.01. The van der Waals surface area contributed by atoms with Gasteiger partial charge in [-0.25, -0.2) is 14.8 Å². The van der Waals surface area contributed by atoms with Crippen LogP contribution in [0.15, 0.2) is 21.7 Å². The maximum Gasteiger partial charge on any atom is 0.341 e. The highest BCUT2D eigenvalue weighted by Crippen LogP contribution is 2.32. The van der Waals surface area contributed by atoms with Gasteiger partial charge in [0.25, 0.3) is 5.71 Å². The normalized spacial score (nSPS) is 11.1. The van der Waals surface area contributed by atoms with Gasteiger partial charge in [0, 0.05) is 5.56 Å². The average molecular weight is 387 g/mol. The molecule has 3 rings (SSSR count). The van der Waals surface area contributed by atoms with Crippen molar-refractivity contribution in [3.8, 4) is 17.2 Å². The summed E-state index contributed by atoms with van der Waals surface area (Å²) in [5.74, 6) is 0.0164. The molecule has 0 saturated carbocycles. The molecule has 3 aromatic rings. The van der Waals surface area contributed by atoms with Gasteiger partial charge in [0.15, 0.2) is 17.3 Å². The zero-order valence-electron chi connectivity index (χ0n) is 15.7. The van der Waals surface area contributed by atoms with Crippen LogP contribution in [0.3, 0.4) is 0 Å². The van der Waals surface area contributed by atoms with Crippen molar-refractivity contribution in [3.63, 3.8) is 0 Å². The van der Waals surface area contributed by atoms with E-state index in [1.165, 1.54) is 11.8 Å². The molecule has 27 heavy (non-hydrogen) atoms. The lowest BCUT2D eigenvalue weighted by molar-refractivity contribution is -0.139. The molecule has 8 heteroatoms. The Hall–Kier alpha value is -2.61. The summed E-state index contributed by atoms with van der Waals surface area (Å²) >= 11 is 1.47. The Balaban J connectivity index is 2.04. The number of carbonyl (C=O) groups is 1. The number of aliphatic carboxylic acids is 1. The average Bonchev–Trinajstić information content (AvgIpc) is 3.05. The maximum absolute atomic E-state index is 10.8. The molecule has 142 valence electrons. The molecule has 0 fully saturated rings. The van der Waals surface area contributed by atoms with Crippen molar-refractivity contribution >= 4 is 29.0 Å². The molecule has 0 radical (unpaired) electrons. The van der Waals surface area contributed by atoms with Crippen molar-refractivity contribution in [2.24, 2.45) is 0 Å². The molecule has 0 bridgehead atoms. The minimum Gasteiger partial charge on any atom is -0.481 e. The number of hydrogen-bond donors (Lipinski definition) is 1. The number of ether oxygens (including phenoxy) is 1. The number of benzene rings is 1. The summed E-state index contributed by atoms with van der Waals surface area (Å²) in [6.07, 6.45) is 3.69. The highest BCUT2D eigenvalue weighted by Gasteiger charge is 2.17. The predicted octanol–water partition coefficient (Wildman–Crippen LogP) is 4.04. The molecule has 0 aliphatic heterocycles. The Bertz CT molecular complexity index is 977. The number of rotatable bonds is 7. The van der Waals surface area contributed by atoms with E-state index in [4.69, 9.17) is 14.3 Å². The molecule has 0 atom stereocenters. The summed E-state index contributed by atoms with van der Waals surface area (Å²) < 4.78 is 11.3. The van der Waals surface area contributed by atoms with E-state index in [0.717, 1.165) is 35.2 Å². The van der Waals surface area contributed by atoms with Gasteiger partial charge in [-0.05, 0) is 49.8 Å². The van der Waals surface area contributed by atoms with E-state index in [9.17, 15) is 4.79 Å². The molecular weight excluding hydrogens is 366 g/mol. The van der Waals surface area contributed by atoms with Gasteiger partial charge in [0.05, 0.1) is 5.69 Å². The third-order valence-corrected chi connectivity index (χ3v) is 4.57. The van der Waals surface area contributed by atoms with Crippen LogP contribution < -0.4 is 4.74 Å². The molecule has 0 saturated heterocycles. The monoisotopic (exact) mass is 387 g/mol. The van der Waals surface area contributed by atoms with Gasteiger partial charge < -0.3 is 14.3 Å². The molecule has 2 heterocycles. The summed E-state index contributed by atoms with van der Waals surface area (Å²) in [5.41, 5.74) is 4.48. The number of oxazole rings is 1. The number of hydrogen-bond acceptors (Lipinski definition) is 7. The summed E-state index contributed by atoms with van der Waals surface area (Å²) in [5, 5.41) is 9.48. The van der Waals surface area contributed by atoms with E-state index in [-0.39, 0.29) is 6.61 Å². The molecule has 0 aliphatic carbocycles. The molecule has 1 N–H and O–H groups in total. The number of fused-ring (bicyclic) bond motifs is 1. The van der Waals surface area contributed by atoms with Crippen LogP contribution >= 0.6 is 11.8 Å². The molecule has 2 aromatic heterocycles. The smallest absolute Gasteiger partial charge is 0.341 e. The number of aryl methyl sites for hydroxylation is 3. The van der Waals surface area contributed by atoms with E-state index < -0.39 is 5.97 Å². The van der Waals surface area contributed by atoms with E-state index in [1.54, 1.807) is 0 Å². The van der Waals surface area contributed by atoms with Gasteiger partial charge in [0.1, 0.15) is 5.75 Å². The van der Waals surface area contributed by atoms with Crippen LogP contribution in [0.4, 0.5) is 0 Å². The lowest BCUT2D eigenvalue weighted by atomic mass is 10.1. The van der Waals surface area contributed by atoms with E-state index in [0.29, 0.717) is 28.0 Å². The number of nitrogens with zero attached hydrogens (tertiary/aromatic N) is 3. The van der Waals surface area contributed by atoms with Crippen molar-refractivity contribution in [3.05, 3.63) is 29.0 Å². The number of thioether (sulfide) groups is 1. The van der Waals surface area contributed by atoms with Crippen molar-refractivity contribution < 1.29 is 19.1 Å². The summed E-state index contributed by atoms with van der Waals surface area (Å²) in [6, 6.07) is 3.74. The fourth-order valence-electron chi connectivity index (χ4n) is 2.92. The lowest BCUT2D eigenvalue weighted by Crippen LogP contribution is -2.10. The Kier molecular flexibility index (Phi) is 5.65. The van der Waals surface area contributed by atoms with Crippen LogP contribution in [0, 0.1) is 13.8 Å². The Labute approximate surface area is 161 Å². The van der Waals surface area contributed by atoms with Gasteiger partial charge >= 0.3 is 5.97 Å². The Morgan fingerprint density at radius 2 is 1.93 bits per heavy atom. The highest BCUT2D eigenvalue weighted by atomic mass is 32.2. The van der Waals surface area contributed by atoms with E-state index in [1.807, 2.05) is 32.2 Å². The molecule has 0 amide bonds. The SMILES string of the molecule is CCCc1nc(SC)nc2oc(-c3cc(C)c(OCC(=O)O)c(C)c3)nc12. The number of aromatic nitrogens is 3. The number of carboxylic acid groups (broad SMARTS) is 1. The molecule has 0 aliphatic rings. The fourth-order valence-corrected chi connectivity index (χ4v) is 3.29. The first-order chi connectivity index (χ1) is 12.9. The second kappa shape index (κ2) is 7.96. The van der Waals surface area contributed by atoms with Crippen molar-refractivity contribution in [2.75, 3.05) is 12.9 Å². The zero-order chi connectivity index (χ0) is 19.6. The topological polar surface area (TPSA) is 98.3 Å². The van der Waals surface area contributed by atoms with Gasteiger partial charge in [0.2, 0.25) is 5.89 Å². The molecular formula is C19H21N3O4S. The second-order valence-electron chi connectivity index (χ2n) is 6.20. The van der Waals surface area contributed by atoms with Crippen molar-refractivity contribution in [1.29, 1.82) is 0 Å². The largest absolute Gasteiger partial charge is 0.481 e. The molecule has 0 spiro atoms. The molecule has 7 nitrogen and oxygen atoms in total. The van der Waals surface area contributed by atoms with Crippen LogP contribution in [0.25, 0.3) is 22.7 Å². The van der Waals surface area contributed by atoms with Crippen molar-refractivity contribution in [2.45, 2.75) is 38.8 Å². The Morgan fingerprint density at radius 1 is 1.22 bits per heavy atom. The standard InChI is InChI=1S/C19H21N3O4S/c1-5-6-13-15-18(22-19(20-13)27-4)26-17(21-15)12-7-10(2)16(11(3)8-12)25-9-14(23)24/h7-8H,5-6,9H2,1-4H3,(H,23,24). The van der Waals surface area contributed by atoms with Gasteiger partial charge in [-0.2, -0.15) is 4.98 Å². The first kappa shape index (κ1) is 19.2. The van der Waals surface area contributed by atoms with Crippen LogP contribution in [-0.4, -0.2) is 38.9 Å². The highest BCUT2D eigenvalue weighted by molar-refractivity contribution is 7.98. The third-order valence-electron chi connectivity index (χ3n) is 4.03. The van der Waals surface area contributed by atoms with Crippen LogP contribution in [0.1, 0.15) is 30.2 Å². The van der Waals surface area contributed by atoms with E-state index >= 15 is 0 Å². The molecule has 0 unspecified atom stereocenters. The van der Waals surface area contributed by atoms with Crippen LogP contribution in [0.5, 0.6) is 5.75 Å². The van der Waals surface area contributed by atoms with Gasteiger partial charge in [-0.1, -0.05) is 25.1 Å². The number of carboxylic acids is 1. The van der Waals surface area contributed by atoms with Crippen LogP contribution in [0.2, 0.25) is 0 Å². The Morgan fingerprint density at radius 3 is 2.52 bits per heavy atom. The van der Waals surface area contributed by atoms with Gasteiger partial charge in [-0.3, -0.25) is 0 Å². The summed E-state index contributed by atoms with van der Waals surface area (Å²) in [6.45, 7) is 5.45. The fraction of sp³-hybridized carbons (Fsp3) is 0.368. The van der Waals surface area contributed by atoms with Crippen LogP contribution in [-0.2, 0) is 11.2 Å². The first-order valence-electron chi connectivity index (χ1n) is 8.60. The predicted molar refractivity (Wildman–Crippen MR) is 103 cm³/mol. The maximum atomic E-state index is 10.8.